The monoisotopic (exact) mass is 494 g/mol. The lowest BCUT2D eigenvalue weighted by atomic mass is 10.0. The highest BCUT2D eigenvalue weighted by molar-refractivity contribution is 5.85. The molecule has 0 spiro atoms. The zero-order valence-corrected chi connectivity index (χ0v) is 22.4. The van der Waals surface area contributed by atoms with Gasteiger partial charge in [0, 0.05) is 17.7 Å². The van der Waals surface area contributed by atoms with E-state index in [1.165, 1.54) is 51.4 Å². The number of hydrogen-bond donors (Lipinski definition) is 1. The van der Waals surface area contributed by atoms with Crippen LogP contribution in [-0.2, 0) is 0 Å². The molecular weight excluding hydrogens is 452 g/mol. The number of aliphatic hydroxyl groups excluding tert-OH is 1. The second-order valence-corrected chi connectivity index (χ2v) is 9.34. The Morgan fingerprint density at radius 2 is 1.14 bits per heavy atom. The van der Waals surface area contributed by atoms with E-state index >= 15 is 0 Å². The highest BCUT2D eigenvalue weighted by atomic mass is 35.5. The molecule has 35 heavy (non-hydrogen) atoms. The van der Waals surface area contributed by atoms with Gasteiger partial charge < -0.3 is 10.0 Å². The van der Waals surface area contributed by atoms with Gasteiger partial charge in [-0.1, -0.05) is 113 Å². The maximum atomic E-state index is 11.4. The smallest absolute Gasteiger partial charge is 0.0918 e. The summed E-state index contributed by atoms with van der Waals surface area (Å²) < 4.78 is 0. The molecule has 0 radical (unpaired) electrons. The van der Waals surface area contributed by atoms with Crippen molar-refractivity contribution >= 4 is 12.4 Å². The fraction of sp³-hybridized carbons (Fsp3) is 0.452. The molecule has 1 atom stereocenters. The maximum Gasteiger partial charge on any atom is 0.0918 e. The van der Waals surface area contributed by atoms with Crippen LogP contribution in [0, 0.1) is 0 Å². The van der Waals surface area contributed by atoms with Gasteiger partial charge in [0.15, 0.2) is 0 Å². The Balaban J connectivity index is 0.00000432. The van der Waals surface area contributed by atoms with Crippen LogP contribution in [-0.4, -0.2) is 34.6 Å². The fourth-order valence-corrected chi connectivity index (χ4v) is 4.43. The van der Waals surface area contributed by atoms with Crippen LogP contribution in [0.2, 0.25) is 0 Å². The topological polar surface area (TPSA) is 36.4 Å². The lowest BCUT2D eigenvalue weighted by molar-refractivity contribution is 0.110. The molecule has 3 rings (SSSR count). The van der Waals surface area contributed by atoms with Crippen molar-refractivity contribution in [2.75, 3.05) is 19.6 Å². The van der Waals surface area contributed by atoms with Gasteiger partial charge in [0.1, 0.15) is 0 Å². The molecule has 0 aliphatic heterocycles. The van der Waals surface area contributed by atoms with Crippen LogP contribution in [0.3, 0.4) is 0 Å². The second kappa shape index (κ2) is 16.5. The number of aliphatic hydroxyl groups is 1. The van der Waals surface area contributed by atoms with Crippen molar-refractivity contribution in [1.29, 1.82) is 0 Å². The highest BCUT2D eigenvalue weighted by Gasteiger charge is 2.17. The van der Waals surface area contributed by atoms with Gasteiger partial charge in [0.25, 0.3) is 0 Å². The number of hydrogen-bond acceptors (Lipinski definition) is 3. The third kappa shape index (κ3) is 9.76. The van der Waals surface area contributed by atoms with E-state index in [0.29, 0.717) is 6.54 Å². The molecule has 1 N–H and O–H groups in total. The van der Waals surface area contributed by atoms with Crippen molar-refractivity contribution in [2.24, 2.45) is 0 Å². The van der Waals surface area contributed by atoms with Crippen LogP contribution in [0.5, 0.6) is 0 Å². The van der Waals surface area contributed by atoms with Gasteiger partial charge in [-0.3, -0.25) is 0 Å². The number of halogens is 1. The second-order valence-electron chi connectivity index (χ2n) is 9.34. The number of benzene rings is 2. The highest BCUT2D eigenvalue weighted by Crippen LogP contribution is 2.28. The summed E-state index contributed by atoms with van der Waals surface area (Å²) >= 11 is 0. The normalized spacial score (nSPS) is 11.9. The van der Waals surface area contributed by atoms with Gasteiger partial charge in [-0.25, -0.2) is 4.98 Å². The van der Waals surface area contributed by atoms with Crippen molar-refractivity contribution in [3.8, 4) is 22.5 Å². The van der Waals surface area contributed by atoms with Crippen LogP contribution >= 0.6 is 12.4 Å². The predicted molar refractivity (Wildman–Crippen MR) is 152 cm³/mol. The van der Waals surface area contributed by atoms with Crippen LogP contribution in [0.1, 0.15) is 76.9 Å². The zero-order chi connectivity index (χ0) is 24.0. The van der Waals surface area contributed by atoms with Crippen LogP contribution in [0.25, 0.3) is 22.5 Å². The molecule has 1 aromatic heterocycles. The summed E-state index contributed by atoms with van der Waals surface area (Å²) in [5.74, 6) is 0. The lowest BCUT2D eigenvalue weighted by Crippen LogP contribution is -2.31. The van der Waals surface area contributed by atoms with Crippen LogP contribution in [0.15, 0.2) is 72.8 Å². The molecular formula is C31H43ClN2O. The van der Waals surface area contributed by atoms with Gasteiger partial charge in [-0.15, -0.1) is 12.4 Å². The standard InChI is InChI=1S/C31H42N2O.ClH/c1-3-5-7-15-21-33(22-16-8-6-4-2)25-31(34)28-23-29(26-17-11-9-12-18-26)32-30(24-28)27-19-13-10-14-20-27;/h9-14,17-20,23-24,31,34H,3-8,15-16,21-22,25H2,1-2H3;1H. The Bertz CT molecular complexity index is 879. The molecule has 0 amide bonds. The summed E-state index contributed by atoms with van der Waals surface area (Å²) in [5.41, 5.74) is 4.91. The Kier molecular flexibility index (Phi) is 13.7. The van der Waals surface area contributed by atoms with Crippen molar-refractivity contribution in [3.05, 3.63) is 78.4 Å². The zero-order valence-electron chi connectivity index (χ0n) is 21.5. The molecule has 3 aromatic rings. The van der Waals surface area contributed by atoms with E-state index < -0.39 is 6.10 Å². The van der Waals surface area contributed by atoms with E-state index in [2.05, 4.69) is 55.1 Å². The van der Waals surface area contributed by atoms with E-state index in [1.807, 2.05) is 36.4 Å². The first-order valence-electron chi connectivity index (χ1n) is 13.2. The fourth-order valence-electron chi connectivity index (χ4n) is 4.43. The first-order chi connectivity index (χ1) is 16.7. The average Bonchev–Trinajstić information content (AvgIpc) is 2.89. The van der Waals surface area contributed by atoms with Crippen LogP contribution < -0.4 is 0 Å². The molecule has 0 bridgehead atoms. The summed E-state index contributed by atoms with van der Waals surface area (Å²) in [7, 11) is 0. The van der Waals surface area contributed by atoms with Crippen molar-refractivity contribution < 1.29 is 5.11 Å². The number of nitrogens with zero attached hydrogens (tertiary/aromatic N) is 2. The summed E-state index contributed by atoms with van der Waals surface area (Å²) in [6.45, 7) is 7.30. The Hall–Kier alpha value is -2.20. The van der Waals surface area contributed by atoms with E-state index in [1.54, 1.807) is 0 Å². The summed E-state index contributed by atoms with van der Waals surface area (Å²) in [4.78, 5) is 7.42. The SMILES string of the molecule is CCCCCCN(CCCCCC)CC(O)c1cc(-c2ccccc2)nc(-c2ccccc2)c1.Cl. The number of unbranched alkanes of at least 4 members (excludes halogenated alkanes) is 6. The Morgan fingerprint density at radius 3 is 1.57 bits per heavy atom. The molecule has 2 aromatic carbocycles. The quantitative estimate of drug-likeness (QED) is 0.216. The Morgan fingerprint density at radius 1 is 0.686 bits per heavy atom. The van der Waals surface area contributed by atoms with Crippen molar-refractivity contribution in [1.82, 2.24) is 9.88 Å². The van der Waals surface area contributed by atoms with Gasteiger partial charge in [-0.05, 0) is 43.6 Å². The van der Waals surface area contributed by atoms with Crippen molar-refractivity contribution in [3.63, 3.8) is 0 Å². The molecule has 0 aliphatic rings. The molecule has 1 unspecified atom stereocenters. The molecule has 0 saturated heterocycles. The first-order valence-corrected chi connectivity index (χ1v) is 13.2. The minimum absolute atomic E-state index is 0. The third-order valence-electron chi connectivity index (χ3n) is 6.46. The summed E-state index contributed by atoms with van der Waals surface area (Å²) in [5, 5.41) is 11.4. The van der Waals surface area contributed by atoms with E-state index in [4.69, 9.17) is 4.98 Å². The number of pyridine rings is 1. The minimum Gasteiger partial charge on any atom is -0.387 e. The molecule has 0 saturated carbocycles. The van der Waals surface area contributed by atoms with E-state index in [0.717, 1.165) is 41.2 Å². The molecule has 4 heteroatoms. The van der Waals surface area contributed by atoms with Crippen LogP contribution in [0.4, 0.5) is 0 Å². The first kappa shape index (κ1) is 29.0. The van der Waals surface area contributed by atoms with Crippen molar-refractivity contribution in [2.45, 2.75) is 71.3 Å². The molecule has 1 heterocycles. The maximum absolute atomic E-state index is 11.4. The largest absolute Gasteiger partial charge is 0.387 e. The van der Waals surface area contributed by atoms with Gasteiger partial charge in [0.05, 0.1) is 17.5 Å². The molecule has 0 fully saturated rings. The predicted octanol–water partition coefficient (Wildman–Crippen LogP) is 8.33. The number of aromatic nitrogens is 1. The molecule has 3 nitrogen and oxygen atoms in total. The van der Waals surface area contributed by atoms with E-state index in [-0.39, 0.29) is 12.4 Å². The van der Waals surface area contributed by atoms with Gasteiger partial charge >= 0.3 is 0 Å². The Labute approximate surface area is 219 Å². The summed E-state index contributed by atoms with van der Waals surface area (Å²) in [6, 6.07) is 24.7. The minimum atomic E-state index is -0.537. The number of rotatable bonds is 15. The van der Waals surface area contributed by atoms with Gasteiger partial charge in [-0.2, -0.15) is 0 Å². The van der Waals surface area contributed by atoms with Gasteiger partial charge in [0.2, 0.25) is 0 Å². The van der Waals surface area contributed by atoms with E-state index in [9.17, 15) is 5.11 Å². The molecule has 0 aliphatic carbocycles. The summed E-state index contributed by atoms with van der Waals surface area (Å²) in [6.07, 6.45) is 9.48. The molecule has 190 valence electrons. The average molecular weight is 495 g/mol. The third-order valence-corrected chi connectivity index (χ3v) is 6.46. The lowest BCUT2D eigenvalue weighted by Gasteiger charge is -2.26.